The van der Waals surface area contributed by atoms with Gasteiger partial charge in [-0.3, -0.25) is 0 Å². The first-order chi connectivity index (χ1) is 6.07. The highest BCUT2D eigenvalue weighted by Gasteiger charge is 2.12. The minimum absolute atomic E-state index is 0.0104. The molecule has 1 rings (SSSR count). The molecule has 0 atom stereocenters. The van der Waals surface area contributed by atoms with Gasteiger partial charge in [-0.05, 0) is 6.07 Å². The molecule has 13 heavy (non-hydrogen) atoms. The third-order valence-corrected chi connectivity index (χ3v) is 1.84. The van der Waals surface area contributed by atoms with Crippen LogP contribution >= 0.6 is 0 Å². The summed E-state index contributed by atoms with van der Waals surface area (Å²) in [6, 6.07) is 3.01. The van der Waals surface area contributed by atoms with Crippen molar-refractivity contribution >= 4 is 5.69 Å². The van der Waals surface area contributed by atoms with Crippen molar-refractivity contribution in [2.45, 2.75) is 6.54 Å². The zero-order chi connectivity index (χ0) is 10.0. The molecule has 0 bridgehead atoms. The van der Waals surface area contributed by atoms with Crippen molar-refractivity contribution < 1.29 is 8.78 Å². The van der Waals surface area contributed by atoms with Gasteiger partial charge < -0.3 is 10.6 Å². The molecule has 1 aromatic rings. The molecule has 0 aliphatic heterocycles. The Morgan fingerprint density at radius 3 is 2.31 bits per heavy atom. The highest BCUT2D eigenvalue weighted by Crippen LogP contribution is 2.22. The maximum Gasteiger partial charge on any atom is 0.182 e. The monoisotopic (exact) mass is 186 g/mol. The average molecular weight is 186 g/mol. The normalized spacial score (nSPS) is 10.2. The maximum absolute atomic E-state index is 13.2. The lowest BCUT2D eigenvalue weighted by Gasteiger charge is -2.14. The van der Waals surface area contributed by atoms with Gasteiger partial charge >= 0.3 is 0 Å². The van der Waals surface area contributed by atoms with E-state index in [-0.39, 0.29) is 17.8 Å². The highest BCUT2D eigenvalue weighted by atomic mass is 19.2. The number of hydrogen-bond acceptors (Lipinski definition) is 2. The molecule has 0 amide bonds. The molecule has 0 aliphatic carbocycles. The van der Waals surface area contributed by atoms with Gasteiger partial charge in [-0.2, -0.15) is 0 Å². The SMILES string of the molecule is CN(C)c1ccc(CN)c(F)c1F. The van der Waals surface area contributed by atoms with Crippen LogP contribution in [-0.2, 0) is 6.54 Å². The van der Waals surface area contributed by atoms with Gasteiger partial charge in [0.2, 0.25) is 0 Å². The fourth-order valence-corrected chi connectivity index (χ4v) is 1.08. The van der Waals surface area contributed by atoms with E-state index >= 15 is 0 Å². The zero-order valence-corrected chi connectivity index (χ0v) is 7.64. The largest absolute Gasteiger partial charge is 0.375 e. The summed E-state index contributed by atoms with van der Waals surface area (Å²) in [5, 5.41) is 0. The summed E-state index contributed by atoms with van der Waals surface area (Å²) in [5.41, 5.74) is 5.65. The summed E-state index contributed by atoms with van der Waals surface area (Å²) < 4.78 is 26.4. The fraction of sp³-hybridized carbons (Fsp3) is 0.333. The van der Waals surface area contributed by atoms with E-state index in [2.05, 4.69) is 0 Å². The van der Waals surface area contributed by atoms with E-state index in [1.807, 2.05) is 0 Å². The van der Waals surface area contributed by atoms with Crippen LogP contribution in [0.25, 0.3) is 0 Å². The number of hydrogen-bond donors (Lipinski definition) is 1. The number of anilines is 1. The summed E-state index contributed by atoms with van der Waals surface area (Å²) in [6.07, 6.45) is 0. The Labute approximate surface area is 76.0 Å². The van der Waals surface area contributed by atoms with Crippen LogP contribution in [0.15, 0.2) is 12.1 Å². The van der Waals surface area contributed by atoms with Gasteiger partial charge in [0.1, 0.15) is 0 Å². The van der Waals surface area contributed by atoms with Crippen molar-refractivity contribution in [3.8, 4) is 0 Å². The maximum atomic E-state index is 13.2. The van der Waals surface area contributed by atoms with E-state index < -0.39 is 11.6 Å². The molecule has 72 valence electrons. The van der Waals surface area contributed by atoms with Gasteiger partial charge in [-0.25, -0.2) is 8.78 Å². The third kappa shape index (κ3) is 1.78. The van der Waals surface area contributed by atoms with Gasteiger partial charge in [0.05, 0.1) is 5.69 Å². The van der Waals surface area contributed by atoms with Crippen molar-refractivity contribution in [2.75, 3.05) is 19.0 Å². The predicted molar refractivity (Wildman–Crippen MR) is 48.6 cm³/mol. The first kappa shape index (κ1) is 9.92. The Morgan fingerprint density at radius 1 is 1.23 bits per heavy atom. The van der Waals surface area contributed by atoms with Gasteiger partial charge in [0.25, 0.3) is 0 Å². The van der Waals surface area contributed by atoms with Crippen LogP contribution in [0.3, 0.4) is 0 Å². The molecule has 0 saturated heterocycles. The van der Waals surface area contributed by atoms with Gasteiger partial charge in [-0.15, -0.1) is 0 Å². The molecular formula is C9H12F2N2. The van der Waals surface area contributed by atoms with Crippen molar-refractivity contribution in [3.05, 3.63) is 29.3 Å². The summed E-state index contributed by atoms with van der Waals surface area (Å²) in [5.74, 6) is -1.69. The van der Waals surface area contributed by atoms with Crippen molar-refractivity contribution in [2.24, 2.45) is 5.73 Å². The molecule has 4 heteroatoms. The number of nitrogens with two attached hydrogens (primary N) is 1. The standard InChI is InChI=1S/C9H12F2N2/c1-13(2)7-4-3-6(5-12)8(10)9(7)11/h3-4H,5,12H2,1-2H3. The van der Waals surface area contributed by atoms with E-state index in [0.29, 0.717) is 0 Å². The van der Waals surface area contributed by atoms with E-state index in [4.69, 9.17) is 5.73 Å². The molecule has 0 aliphatic rings. The summed E-state index contributed by atoms with van der Waals surface area (Å²) in [4.78, 5) is 1.51. The van der Waals surface area contributed by atoms with Crippen molar-refractivity contribution in [3.63, 3.8) is 0 Å². The lowest BCUT2D eigenvalue weighted by Crippen LogP contribution is -2.13. The molecule has 0 spiro atoms. The Bertz CT molecular complexity index is 311. The van der Waals surface area contributed by atoms with Crippen LogP contribution in [0.4, 0.5) is 14.5 Å². The van der Waals surface area contributed by atoms with Crippen LogP contribution in [0.5, 0.6) is 0 Å². The average Bonchev–Trinajstić information content (AvgIpc) is 2.09. The first-order valence-electron chi connectivity index (χ1n) is 3.92. The Balaban J connectivity index is 3.23. The number of halogens is 2. The van der Waals surface area contributed by atoms with Crippen molar-refractivity contribution in [1.29, 1.82) is 0 Å². The predicted octanol–water partition coefficient (Wildman–Crippen LogP) is 1.49. The molecule has 0 aromatic heterocycles. The molecule has 0 fully saturated rings. The van der Waals surface area contributed by atoms with Crippen LogP contribution in [0, 0.1) is 11.6 Å². The van der Waals surface area contributed by atoms with Crippen LogP contribution in [-0.4, -0.2) is 14.1 Å². The number of nitrogens with zero attached hydrogens (tertiary/aromatic N) is 1. The second kappa shape index (κ2) is 3.70. The second-order valence-corrected chi connectivity index (χ2v) is 2.97. The van der Waals surface area contributed by atoms with E-state index in [9.17, 15) is 8.78 Å². The van der Waals surface area contributed by atoms with E-state index in [0.717, 1.165) is 0 Å². The molecule has 2 nitrogen and oxygen atoms in total. The van der Waals surface area contributed by atoms with Crippen LogP contribution < -0.4 is 10.6 Å². The molecule has 0 radical (unpaired) electrons. The molecule has 2 N–H and O–H groups in total. The molecule has 0 unspecified atom stereocenters. The Hall–Kier alpha value is -1.16. The topological polar surface area (TPSA) is 29.3 Å². The van der Waals surface area contributed by atoms with E-state index in [1.54, 1.807) is 14.1 Å². The molecule has 0 saturated carbocycles. The fourth-order valence-electron chi connectivity index (χ4n) is 1.08. The molecule has 1 aromatic carbocycles. The minimum Gasteiger partial charge on any atom is -0.375 e. The lowest BCUT2D eigenvalue weighted by atomic mass is 10.1. The summed E-state index contributed by atoms with van der Waals surface area (Å²) in [6.45, 7) is 0.0104. The minimum atomic E-state index is -0.853. The lowest BCUT2D eigenvalue weighted by molar-refractivity contribution is 0.499. The molecule has 0 heterocycles. The van der Waals surface area contributed by atoms with Crippen LogP contribution in [0.2, 0.25) is 0 Å². The van der Waals surface area contributed by atoms with Gasteiger partial charge in [-0.1, -0.05) is 6.07 Å². The molecular weight excluding hydrogens is 174 g/mol. The van der Waals surface area contributed by atoms with Gasteiger partial charge in [0, 0.05) is 26.2 Å². The Kier molecular flexibility index (Phi) is 2.83. The third-order valence-electron chi connectivity index (χ3n) is 1.84. The highest BCUT2D eigenvalue weighted by molar-refractivity contribution is 5.48. The van der Waals surface area contributed by atoms with Crippen molar-refractivity contribution in [1.82, 2.24) is 0 Å². The Morgan fingerprint density at radius 2 is 1.85 bits per heavy atom. The second-order valence-electron chi connectivity index (χ2n) is 2.97. The van der Waals surface area contributed by atoms with E-state index in [1.165, 1.54) is 17.0 Å². The quantitative estimate of drug-likeness (QED) is 0.758. The first-order valence-corrected chi connectivity index (χ1v) is 3.92. The smallest absolute Gasteiger partial charge is 0.182 e. The van der Waals surface area contributed by atoms with Crippen LogP contribution in [0.1, 0.15) is 5.56 Å². The zero-order valence-electron chi connectivity index (χ0n) is 7.64. The summed E-state index contributed by atoms with van der Waals surface area (Å²) in [7, 11) is 3.31. The summed E-state index contributed by atoms with van der Waals surface area (Å²) >= 11 is 0. The number of benzene rings is 1. The number of rotatable bonds is 2. The van der Waals surface area contributed by atoms with Gasteiger partial charge in [0.15, 0.2) is 11.6 Å².